The first kappa shape index (κ1) is 23.7. The van der Waals surface area contributed by atoms with Gasteiger partial charge in [-0.15, -0.1) is 11.3 Å². The number of benzene rings is 1. The van der Waals surface area contributed by atoms with Crippen LogP contribution in [0, 0.1) is 6.92 Å². The van der Waals surface area contributed by atoms with Crippen LogP contribution >= 0.6 is 11.3 Å². The van der Waals surface area contributed by atoms with Crippen molar-refractivity contribution in [3.63, 3.8) is 0 Å². The van der Waals surface area contributed by atoms with Gasteiger partial charge in [0.1, 0.15) is 16.5 Å². The molecule has 1 atom stereocenters. The fraction of sp³-hybridized carbons (Fsp3) is 0.333. The quantitative estimate of drug-likeness (QED) is 0.536. The molecule has 1 unspecified atom stereocenters. The first-order chi connectivity index (χ1) is 16.0. The van der Waals surface area contributed by atoms with Crippen molar-refractivity contribution in [1.29, 1.82) is 0 Å². The lowest BCUT2D eigenvalue weighted by atomic mass is 9.97. The number of nitrogens with two attached hydrogens (primary N) is 1. The number of aromatic nitrogens is 3. The largest absolute Gasteiger partial charge is 0.484 e. The fourth-order valence-electron chi connectivity index (χ4n) is 3.61. The Balaban J connectivity index is 1.54. The highest BCUT2D eigenvalue weighted by Crippen LogP contribution is 2.35. The Morgan fingerprint density at radius 1 is 1.29 bits per heavy atom. The summed E-state index contributed by atoms with van der Waals surface area (Å²) in [5.41, 5.74) is 5.80. The number of fused-ring (bicyclic) bond motifs is 1. The van der Waals surface area contributed by atoms with E-state index in [2.05, 4.69) is 9.97 Å². The molecule has 3 heterocycles. The van der Waals surface area contributed by atoms with Gasteiger partial charge >= 0.3 is 11.9 Å². The van der Waals surface area contributed by atoms with Gasteiger partial charge in [0.2, 0.25) is 5.95 Å². The van der Waals surface area contributed by atoms with Gasteiger partial charge in [-0.2, -0.15) is 23.1 Å². The van der Waals surface area contributed by atoms with Crippen LogP contribution in [-0.4, -0.2) is 38.7 Å². The van der Waals surface area contributed by atoms with E-state index in [0.717, 1.165) is 11.6 Å². The van der Waals surface area contributed by atoms with Crippen molar-refractivity contribution in [2.75, 3.05) is 18.1 Å². The lowest BCUT2D eigenvalue weighted by Crippen LogP contribution is -2.38. The predicted molar refractivity (Wildman–Crippen MR) is 117 cm³/mol. The van der Waals surface area contributed by atoms with Gasteiger partial charge in [-0.3, -0.25) is 9.36 Å². The molecule has 0 bridgehead atoms. The molecule has 1 aromatic carbocycles. The first-order valence-electron chi connectivity index (χ1n) is 10.1. The third-order valence-corrected chi connectivity index (χ3v) is 6.34. The summed E-state index contributed by atoms with van der Waals surface area (Å²) in [4.78, 5) is 33.2. The number of primary amides is 1. The third kappa shape index (κ3) is 5.04. The molecule has 2 aromatic heterocycles. The molecule has 0 spiro atoms. The lowest BCUT2D eigenvalue weighted by molar-refractivity contribution is -0.134. The molecule has 3 N–H and O–H groups in total. The van der Waals surface area contributed by atoms with E-state index in [4.69, 9.17) is 10.5 Å². The number of amides is 1. The Morgan fingerprint density at radius 2 is 2.06 bits per heavy atom. The number of β-amino-alcohol motifs (C(OH)–C–C–N with tert-alkyl or cyclic N) is 1. The molecule has 0 fully saturated rings. The van der Waals surface area contributed by atoms with Crippen LogP contribution in [0.3, 0.4) is 0 Å². The minimum atomic E-state index is -4.44. The molecule has 1 aliphatic rings. The summed E-state index contributed by atoms with van der Waals surface area (Å²) in [6.07, 6.45) is -5.37. The molecule has 1 aliphatic heterocycles. The predicted octanol–water partition coefficient (Wildman–Crippen LogP) is 1.99. The molecule has 34 heavy (non-hydrogen) atoms. The van der Waals surface area contributed by atoms with E-state index < -0.39 is 28.8 Å². The number of aliphatic hydroxyl groups excluding tert-OH is 1. The number of thiophene rings is 1. The zero-order valence-electron chi connectivity index (χ0n) is 17.9. The zero-order valence-corrected chi connectivity index (χ0v) is 18.7. The van der Waals surface area contributed by atoms with E-state index in [1.54, 1.807) is 30.0 Å². The molecule has 3 aromatic rings. The van der Waals surface area contributed by atoms with Crippen LogP contribution in [0.15, 0.2) is 35.1 Å². The number of alkyl halides is 3. The van der Waals surface area contributed by atoms with Crippen LogP contribution in [0.5, 0.6) is 5.75 Å². The maximum Gasteiger partial charge on any atom is 0.425 e. The van der Waals surface area contributed by atoms with E-state index in [0.29, 0.717) is 34.1 Å². The summed E-state index contributed by atoms with van der Waals surface area (Å²) in [5.74, 6) is 0.167. The SMILES string of the molecule is Cc1nc(N2Cc3ccc(OCC(N)=O)cc3C(O)C2)nc(=O)n1Cc1ccc(C(F)(F)F)s1. The molecule has 13 heteroatoms. The van der Waals surface area contributed by atoms with Crippen molar-refractivity contribution in [2.45, 2.75) is 32.3 Å². The number of anilines is 1. The minimum Gasteiger partial charge on any atom is -0.484 e. The second kappa shape index (κ2) is 9.06. The number of rotatable bonds is 6. The number of carbonyl (C=O) groups excluding carboxylic acids is 1. The summed E-state index contributed by atoms with van der Waals surface area (Å²) in [6, 6.07) is 7.29. The van der Waals surface area contributed by atoms with Crippen LogP contribution in [-0.2, 0) is 24.1 Å². The first-order valence-corrected chi connectivity index (χ1v) is 10.9. The van der Waals surface area contributed by atoms with Crippen LogP contribution in [0.2, 0.25) is 0 Å². The standard InChI is InChI=1S/C21H20F3N5O4S/c1-11-26-19(27-20(32)29(11)8-14-4-5-17(34-14)21(22,23)24)28-7-12-2-3-13(33-10-18(25)31)6-15(12)16(30)9-28/h2-6,16,30H,7-10H2,1H3,(H2,25,31). The summed E-state index contributed by atoms with van der Waals surface area (Å²) in [6.45, 7) is 1.63. The molecular formula is C21H20F3N5O4S. The number of carbonyl (C=O) groups is 1. The van der Waals surface area contributed by atoms with E-state index in [1.165, 1.54) is 10.6 Å². The highest BCUT2D eigenvalue weighted by Gasteiger charge is 2.32. The van der Waals surface area contributed by atoms with Crippen molar-refractivity contribution >= 4 is 23.2 Å². The number of nitrogens with zero attached hydrogens (tertiary/aromatic N) is 4. The number of aliphatic hydroxyl groups is 1. The Bertz CT molecular complexity index is 1290. The molecular weight excluding hydrogens is 475 g/mol. The van der Waals surface area contributed by atoms with E-state index in [1.807, 2.05) is 0 Å². The highest BCUT2D eigenvalue weighted by atomic mass is 32.1. The molecule has 0 saturated carbocycles. The maximum atomic E-state index is 12.9. The molecule has 1 amide bonds. The summed E-state index contributed by atoms with van der Waals surface area (Å²) in [7, 11) is 0. The molecule has 0 saturated heterocycles. The molecule has 180 valence electrons. The Morgan fingerprint density at radius 3 is 2.71 bits per heavy atom. The highest BCUT2D eigenvalue weighted by molar-refractivity contribution is 7.12. The van der Waals surface area contributed by atoms with Crippen LogP contribution in [0.4, 0.5) is 19.1 Å². The molecule has 9 nitrogen and oxygen atoms in total. The van der Waals surface area contributed by atoms with Gasteiger partial charge in [-0.05, 0) is 42.3 Å². The number of ether oxygens (including phenoxy) is 1. The monoisotopic (exact) mass is 495 g/mol. The van der Waals surface area contributed by atoms with Crippen molar-refractivity contribution in [3.8, 4) is 5.75 Å². The van der Waals surface area contributed by atoms with Crippen LogP contribution in [0.1, 0.15) is 32.8 Å². The Kier molecular flexibility index (Phi) is 6.32. The average Bonchev–Trinajstić information content (AvgIpc) is 3.24. The summed E-state index contributed by atoms with van der Waals surface area (Å²) in [5, 5.41) is 10.6. The Hall–Kier alpha value is -3.45. The lowest BCUT2D eigenvalue weighted by Gasteiger charge is -2.32. The van der Waals surface area contributed by atoms with Gasteiger partial charge in [0.25, 0.3) is 5.91 Å². The van der Waals surface area contributed by atoms with Gasteiger partial charge in [0, 0.05) is 11.4 Å². The summed E-state index contributed by atoms with van der Waals surface area (Å²) < 4.78 is 45.0. The molecule has 4 rings (SSSR count). The smallest absolute Gasteiger partial charge is 0.425 e. The topological polar surface area (TPSA) is 124 Å². The molecule has 0 radical (unpaired) electrons. The van der Waals surface area contributed by atoms with Gasteiger partial charge in [-0.25, -0.2) is 4.79 Å². The van der Waals surface area contributed by atoms with Crippen molar-refractivity contribution in [3.05, 3.63) is 67.5 Å². The van der Waals surface area contributed by atoms with Crippen molar-refractivity contribution in [2.24, 2.45) is 5.73 Å². The second-order valence-electron chi connectivity index (χ2n) is 7.72. The second-order valence-corrected chi connectivity index (χ2v) is 8.88. The molecule has 0 aliphatic carbocycles. The number of halogens is 3. The van der Waals surface area contributed by atoms with Gasteiger partial charge in [0.15, 0.2) is 6.61 Å². The number of hydrogen-bond donors (Lipinski definition) is 2. The van der Waals surface area contributed by atoms with Crippen molar-refractivity contribution < 1.29 is 27.8 Å². The summed E-state index contributed by atoms with van der Waals surface area (Å²) >= 11 is 0.563. The van der Waals surface area contributed by atoms with Gasteiger partial charge < -0.3 is 20.5 Å². The van der Waals surface area contributed by atoms with Gasteiger partial charge in [0.05, 0.1) is 19.2 Å². The van der Waals surface area contributed by atoms with E-state index in [9.17, 15) is 27.9 Å². The number of aryl methyl sites for hydroxylation is 1. The zero-order chi connectivity index (χ0) is 24.6. The third-order valence-electron chi connectivity index (χ3n) is 5.23. The average molecular weight is 495 g/mol. The van der Waals surface area contributed by atoms with Crippen LogP contribution in [0.25, 0.3) is 0 Å². The minimum absolute atomic E-state index is 0.0781. The van der Waals surface area contributed by atoms with E-state index in [-0.39, 0.29) is 31.5 Å². The van der Waals surface area contributed by atoms with Crippen molar-refractivity contribution in [1.82, 2.24) is 14.5 Å². The normalized spacial score (nSPS) is 15.8. The fourth-order valence-corrected chi connectivity index (χ4v) is 4.47. The van der Waals surface area contributed by atoms with E-state index >= 15 is 0 Å². The Labute approximate surface area is 195 Å². The van der Waals surface area contributed by atoms with Gasteiger partial charge in [-0.1, -0.05) is 6.07 Å². The van der Waals surface area contributed by atoms with Crippen LogP contribution < -0.4 is 21.1 Å². The number of hydrogen-bond acceptors (Lipinski definition) is 8. The maximum absolute atomic E-state index is 12.9.